The smallest absolute Gasteiger partial charge is 0.408 e. The van der Waals surface area contributed by atoms with Crippen LogP contribution in [-0.2, 0) is 21.4 Å². The summed E-state index contributed by atoms with van der Waals surface area (Å²) in [6.45, 7) is 6.53. The Morgan fingerprint density at radius 1 is 1.10 bits per heavy atom. The molecular formula is C21H29N3O5S. The number of hydrogen-bond donors (Lipinski definition) is 0. The van der Waals surface area contributed by atoms with E-state index in [1.54, 1.807) is 11.0 Å². The molecule has 164 valence electrons. The normalized spacial score (nSPS) is 23.7. The molecule has 0 bridgehead atoms. The molecule has 0 saturated carbocycles. The molecule has 0 N–H and O–H groups in total. The summed E-state index contributed by atoms with van der Waals surface area (Å²) >= 11 is 0. The fourth-order valence-corrected chi connectivity index (χ4v) is 6.25. The first kappa shape index (κ1) is 21.1. The largest absolute Gasteiger partial charge is 0.420 e. The molecule has 8 nitrogen and oxygen atoms in total. The van der Waals surface area contributed by atoms with E-state index in [4.69, 9.17) is 4.42 Å². The number of nitrogens with zero attached hydrogens (tertiary/aromatic N) is 3. The number of carbonyl (C=O) groups is 1. The van der Waals surface area contributed by atoms with Gasteiger partial charge in [0.1, 0.15) is 6.54 Å². The maximum Gasteiger partial charge on any atom is 0.420 e. The van der Waals surface area contributed by atoms with E-state index < -0.39 is 15.8 Å². The molecule has 1 aromatic carbocycles. The number of oxazole rings is 1. The Bertz CT molecular complexity index is 1090. The van der Waals surface area contributed by atoms with Crippen molar-refractivity contribution >= 4 is 27.0 Å². The number of fused-ring (bicyclic) bond motifs is 1. The highest BCUT2D eigenvalue weighted by Crippen LogP contribution is 2.25. The van der Waals surface area contributed by atoms with Crippen LogP contribution < -0.4 is 5.76 Å². The molecule has 9 heteroatoms. The highest BCUT2D eigenvalue weighted by molar-refractivity contribution is 7.89. The monoisotopic (exact) mass is 435 g/mol. The van der Waals surface area contributed by atoms with E-state index in [2.05, 4.69) is 13.8 Å². The molecule has 2 atom stereocenters. The number of sulfonamides is 1. The number of rotatable bonds is 4. The summed E-state index contributed by atoms with van der Waals surface area (Å²) in [6, 6.07) is 4.45. The minimum Gasteiger partial charge on any atom is -0.408 e. The lowest BCUT2D eigenvalue weighted by atomic mass is 9.92. The van der Waals surface area contributed by atoms with Crippen LogP contribution >= 0.6 is 0 Å². The number of benzene rings is 1. The van der Waals surface area contributed by atoms with Crippen molar-refractivity contribution in [2.24, 2.45) is 11.8 Å². The predicted molar refractivity (Wildman–Crippen MR) is 113 cm³/mol. The summed E-state index contributed by atoms with van der Waals surface area (Å²) in [5.74, 6) is 0.0864. The van der Waals surface area contributed by atoms with Gasteiger partial charge in [-0.15, -0.1) is 0 Å². The van der Waals surface area contributed by atoms with Crippen molar-refractivity contribution in [1.82, 2.24) is 13.8 Å². The molecule has 30 heavy (non-hydrogen) atoms. The van der Waals surface area contributed by atoms with Crippen LogP contribution in [0, 0.1) is 11.8 Å². The SMILES string of the molecule is C[C@H]1C[C@H](C)CN(C(=O)Cn2c(=O)oc3cc(S(=O)(=O)N4CCCCC4)ccc32)C1. The summed E-state index contributed by atoms with van der Waals surface area (Å²) < 4.78 is 33.9. The molecule has 2 saturated heterocycles. The van der Waals surface area contributed by atoms with Crippen molar-refractivity contribution in [3.63, 3.8) is 0 Å². The Hall–Kier alpha value is -2.13. The van der Waals surface area contributed by atoms with Crippen molar-refractivity contribution in [3.8, 4) is 0 Å². The van der Waals surface area contributed by atoms with Gasteiger partial charge in [-0.05, 0) is 43.2 Å². The summed E-state index contributed by atoms with van der Waals surface area (Å²) in [7, 11) is -3.62. The summed E-state index contributed by atoms with van der Waals surface area (Å²) in [4.78, 5) is 27.1. The molecule has 2 aromatic rings. The predicted octanol–water partition coefficient (Wildman–Crippen LogP) is 2.27. The van der Waals surface area contributed by atoms with Gasteiger partial charge in [0.05, 0.1) is 10.4 Å². The average Bonchev–Trinajstić information content (AvgIpc) is 3.02. The van der Waals surface area contributed by atoms with Crippen LogP contribution in [0.5, 0.6) is 0 Å². The van der Waals surface area contributed by atoms with E-state index in [0.29, 0.717) is 43.5 Å². The number of carbonyl (C=O) groups excluding carboxylic acids is 1. The fourth-order valence-electron chi connectivity index (χ4n) is 4.71. The molecule has 3 heterocycles. The van der Waals surface area contributed by atoms with Crippen LogP contribution in [0.3, 0.4) is 0 Å². The van der Waals surface area contributed by atoms with Crippen molar-refractivity contribution in [1.29, 1.82) is 0 Å². The van der Waals surface area contributed by atoms with Crippen molar-refractivity contribution in [2.75, 3.05) is 26.2 Å². The van der Waals surface area contributed by atoms with Crippen LogP contribution in [0.15, 0.2) is 32.3 Å². The lowest BCUT2D eigenvalue weighted by Gasteiger charge is -2.35. The van der Waals surface area contributed by atoms with E-state index >= 15 is 0 Å². The third-order valence-corrected chi connectivity index (χ3v) is 8.00. The molecular weight excluding hydrogens is 406 g/mol. The van der Waals surface area contributed by atoms with Gasteiger partial charge in [0.25, 0.3) is 0 Å². The van der Waals surface area contributed by atoms with Crippen LogP contribution in [0.1, 0.15) is 39.5 Å². The third-order valence-electron chi connectivity index (χ3n) is 6.11. The molecule has 0 unspecified atom stereocenters. The second-order valence-corrected chi connectivity index (χ2v) is 10.7. The van der Waals surface area contributed by atoms with Crippen molar-refractivity contribution in [2.45, 2.75) is 51.0 Å². The number of likely N-dealkylation sites (tertiary alicyclic amines) is 1. The minimum absolute atomic E-state index is 0.108. The number of amides is 1. The van der Waals surface area contributed by atoms with Gasteiger partial charge < -0.3 is 9.32 Å². The van der Waals surface area contributed by atoms with Gasteiger partial charge in [-0.25, -0.2) is 13.2 Å². The van der Waals surface area contributed by atoms with Gasteiger partial charge in [-0.1, -0.05) is 20.3 Å². The Labute approximate surface area is 176 Å². The molecule has 0 radical (unpaired) electrons. The van der Waals surface area contributed by atoms with Crippen LogP contribution in [0.2, 0.25) is 0 Å². The highest BCUT2D eigenvalue weighted by Gasteiger charge is 2.28. The van der Waals surface area contributed by atoms with Gasteiger partial charge >= 0.3 is 5.76 Å². The van der Waals surface area contributed by atoms with Gasteiger partial charge in [-0.2, -0.15) is 4.31 Å². The van der Waals surface area contributed by atoms with Gasteiger partial charge in [0, 0.05) is 32.2 Å². The standard InChI is InChI=1S/C21H29N3O5S/c1-15-10-16(2)13-22(12-15)20(25)14-24-18-7-6-17(11-19(18)29-21(24)26)30(27,28)23-8-4-3-5-9-23/h6-7,11,15-16H,3-5,8-10,12-14H2,1-2H3/t15-,16-/m0/s1. The third kappa shape index (κ3) is 4.05. The molecule has 0 aliphatic carbocycles. The van der Waals surface area contributed by atoms with Crippen molar-refractivity contribution < 1.29 is 17.6 Å². The zero-order valence-corrected chi connectivity index (χ0v) is 18.4. The lowest BCUT2D eigenvalue weighted by Crippen LogP contribution is -2.44. The van der Waals surface area contributed by atoms with Gasteiger partial charge in [0.15, 0.2) is 5.58 Å². The zero-order chi connectivity index (χ0) is 21.5. The van der Waals surface area contributed by atoms with Crippen molar-refractivity contribution in [3.05, 3.63) is 28.7 Å². The van der Waals surface area contributed by atoms with Crippen LogP contribution in [0.4, 0.5) is 0 Å². The minimum atomic E-state index is -3.62. The topological polar surface area (TPSA) is 92.8 Å². The van der Waals surface area contributed by atoms with E-state index in [-0.39, 0.29) is 22.9 Å². The Balaban J connectivity index is 1.59. The quantitative estimate of drug-likeness (QED) is 0.735. The second kappa shape index (κ2) is 8.19. The zero-order valence-electron chi connectivity index (χ0n) is 17.5. The summed E-state index contributed by atoms with van der Waals surface area (Å²) in [5, 5.41) is 0. The maximum absolute atomic E-state index is 12.9. The highest BCUT2D eigenvalue weighted by atomic mass is 32.2. The fraction of sp³-hybridized carbons (Fsp3) is 0.619. The molecule has 2 aliphatic heterocycles. The average molecular weight is 436 g/mol. The molecule has 2 aliphatic rings. The molecule has 1 amide bonds. The molecule has 2 fully saturated rings. The summed E-state index contributed by atoms with van der Waals surface area (Å²) in [5.41, 5.74) is 0.621. The summed E-state index contributed by atoms with van der Waals surface area (Å²) in [6.07, 6.45) is 3.82. The van der Waals surface area contributed by atoms with Gasteiger partial charge in [0.2, 0.25) is 15.9 Å². The first-order valence-electron chi connectivity index (χ1n) is 10.7. The van der Waals surface area contributed by atoms with Gasteiger partial charge in [-0.3, -0.25) is 9.36 Å². The van der Waals surface area contributed by atoms with Crippen LogP contribution in [0.25, 0.3) is 11.1 Å². The maximum atomic E-state index is 12.9. The number of piperidine rings is 2. The molecule has 4 rings (SSSR count). The van der Waals surface area contributed by atoms with E-state index in [9.17, 15) is 18.0 Å². The van der Waals surface area contributed by atoms with E-state index in [0.717, 1.165) is 25.7 Å². The lowest BCUT2D eigenvalue weighted by molar-refractivity contribution is -0.134. The Morgan fingerprint density at radius 2 is 1.77 bits per heavy atom. The van der Waals surface area contributed by atoms with Crippen LogP contribution in [-0.4, -0.2) is 54.3 Å². The van der Waals surface area contributed by atoms with E-state index in [1.165, 1.54) is 21.0 Å². The first-order chi connectivity index (χ1) is 14.3. The molecule has 1 aromatic heterocycles. The Morgan fingerprint density at radius 3 is 2.43 bits per heavy atom. The molecule has 0 spiro atoms. The second-order valence-electron chi connectivity index (χ2n) is 8.79. The van der Waals surface area contributed by atoms with E-state index in [1.807, 2.05) is 0 Å². The first-order valence-corrected chi connectivity index (χ1v) is 12.1. The Kier molecular flexibility index (Phi) is 5.76. The number of hydrogen-bond acceptors (Lipinski definition) is 5. The number of aromatic nitrogens is 1.